The number of carbonyl (C=O) groups excluding carboxylic acids is 2. The largest absolute Gasteiger partial charge is 0.454 e. The number of hydrogen-bond acceptors (Lipinski definition) is 4. The van der Waals surface area contributed by atoms with Gasteiger partial charge in [0.2, 0.25) is 18.6 Å². The first-order valence-electron chi connectivity index (χ1n) is 10.2. The van der Waals surface area contributed by atoms with Gasteiger partial charge in [0.15, 0.2) is 11.5 Å². The van der Waals surface area contributed by atoms with E-state index in [4.69, 9.17) is 9.47 Å². The van der Waals surface area contributed by atoms with Gasteiger partial charge in [-0.2, -0.15) is 0 Å². The quantitative estimate of drug-likeness (QED) is 0.881. The highest BCUT2D eigenvalue weighted by Gasteiger charge is 2.32. The third-order valence-corrected chi connectivity index (χ3v) is 6.01. The van der Waals surface area contributed by atoms with E-state index in [0.717, 1.165) is 57.3 Å². The van der Waals surface area contributed by atoms with Gasteiger partial charge in [-0.05, 0) is 50.7 Å². The average molecular weight is 372 g/mol. The summed E-state index contributed by atoms with van der Waals surface area (Å²) in [6.07, 6.45) is 7.90. The SMILES string of the molecule is O=C(Nc1ccc2c(c1)OCO2)C1CCC(C(=O)N2CCCCCC2)CC1. The highest BCUT2D eigenvalue weighted by Crippen LogP contribution is 2.35. The van der Waals surface area contributed by atoms with Crippen molar-refractivity contribution in [3.05, 3.63) is 18.2 Å². The van der Waals surface area contributed by atoms with Crippen molar-refractivity contribution in [1.29, 1.82) is 0 Å². The molecule has 0 spiro atoms. The molecule has 2 fully saturated rings. The van der Waals surface area contributed by atoms with Crippen LogP contribution in [0.15, 0.2) is 18.2 Å². The van der Waals surface area contributed by atoms with E-state index in [0.29, 0.717) is 17.4 Å². The average Bonchev–Trinajstić information content (AvgIpc) is 2.99. The fourth-order valence-electron chi connectivity index (χ4n) is 4.37. The normalized spacial score (nSPS) is 25.0. The van der Waals surface area contributed by atoms with E-state index in [1.165, 1.54) is 12.8 Å². The highest BCUT2D eigenvalue weighted by atomic mass is 16.7. The summed E-state index contributed by atoms with van der Waals surface area (Å²) in [5.74, 6) is 1.79. The zero-order valence-corrected chi connectivity index (χ0v) is 15.7. The lowest BCUT2D eigenvalue weighted by Gasteiger charge is -2.31. The number of hydrogen-bond donors (Lipinski definition) is 1. The number of fused-ring (bicyclic) bond motifs is 1. The van der Waals surface area contributed by atoms with Crippen LogP contribution in [-0.2, 0) is 9.59 Å². The van der Waals surface area contributed by atoms with Crippen LogP contribution < -0.4 is 14.8 Å². The van der Waals surface area contributed by atoms with Gasteiger partial charge in [0.1, 0.15) is 0 Å². The Kier molecular flexibility index (Phi) is 5.50. The number of nitrogens with one attached hydrogen (secondary N) is 1. The molecular weight excluding hydrogens is 344 g/mol. The number of amides is 2. The third kappa shape index (κ3) is 4.20. The molecule has 27 heavy (non-hydrogen) atoms. The molecule has 146 valence electrons. The van der Waals surface area contributed by atoms with Gasteiger partial charge in [0.05, 0.1) is 0 Å². The van der Waals surface area contributed by atoms with Gasteiger partial charge in [0.25, 0.3) is 0 Å². The van der Waals surface area contributed by atoms with Crippen molar-refractivity contribution in [1.82, 2.24) is 4.90 Å². The number of likely N-dealkylation sites (tertiary alicyclic amines) is 1. The fourth-order valence-corrected chi connectivity index (χ4v) is 4.37. The van der Waals surface area contributed by atoms with Crippen LogP contribution in [0.3, 0.4) is 0 Å². The molecule has 1 aromatic rings. The van der Waals surface area contributed by atoms with Crippen LogP contribution in [0.5, 0.6) is 11.5 Å². The molecule has 2 heterocycles. The maximum atomic E-state index is 12.8. The number of rotatable bonds is 3. The van der Waals surface area contributed by atoms with Crippen LogP contribution in [-0.4, -0.2) is 36.6 Å². The molecule has 3 aliphatic rings. The Labute approximate surface area is 160 Å². The number of carbonyl (C=O) groups is 2. The Morgan fingerprint density at radius 1 is 0.889 bits per heavy atom. The maximum absolute atomic E-state index is 12.8. The Hall–Kier alpha value is -2.24. The van der Waals surface area contributed by atoms with Crippen molar-refractivity contribution in [2.75, 3.05) is 25.2 Å². The Balaban J connectivity index is 1.28. The van der Waals surface area contributed by atoms with Crippen LogP contribution in [0.2, 0.25) is 0 Å². The van der Waals surface area contributed by atoms with Crippen LogP contribution in [0, 0.1) is 11.8 Å². The van der Waals surface area contributed by atoms with Crippen LogP contribution in [0.25, 0.3) is 0 Å². The molecule has 0 radical (unpaired) electrons. The van der Waals surface area contributed by atoms with E-state index in [1.807, 2.05) is 12.1 Å². The van der Waals surface area contributed by atoms with E-state index in [2.05, 4.69) is 10.2 Å². The molecule has 2 amide bonds. The molecule has 6 heteroatoms. The van der Waals surface area contributed by atoms with Gasteiger partial charge < -0.3 is 19.7 Å². The molecule has 0 unspecified atom stereocenters. The van der Waals surface area contributed by atoms with Crippen molar-refractivity contribution in [2.24, 2.45) is 11.8 Å². The Morgan fingerprint density at radius 3 is 2.30 bits per heavy atom. The molecule has 4 rings (SSSR count). The maximum Gasteiger partial charge on any atom is 0.231 e. The Morgan fingerprint density at radius 2 is 1.56 bits per heavy atom. The van der Waals surface area contributed by atoms with E-state index >= 15 is 0 Å². The lowest BCUT2D eigenvalue weighted by atomic mass is 9.81. The fraction of sp³-hybridized carbons (Fsp3) is 0.619. The zero-order valence-electron chi connectivity index (χ0n) is 15.7. The minimum absolute atomic E-state index is 0.0244. The van der Waals surface area contributed by atoms with Gasteiger partial charge in [-0.1, -0.05) is 12.8 Å². The van der Waals surface area contributed by atoms with Crippen molar-refractivity contribution in [3.63, 3.8) is 0 Å². The predicted molar refractivity (Wildman–Crippen MR) is 102 cm³/mol. The second-order valence-electron chi connectivity index (χ2n) is 7.85. The monoisotopic (exact) mass is 372 g/mol. The number of nitrogens with zero attached hydrogens (tertiary/aromatic N) is 1. The van der Waals surface area contributed by atoms with E-state index in [1.54, 1.807) is 6.07 Å². The smallest absolute Gasteiger partial charge is 0.231 e. The topological polar surface area (TPSA) is 67.9 Å². The lowest BCUT2D eigenvalue weighted by Crippen LogP contribution is -2.39. The molecule has 0 bridgehead atoms. The molecule has 0 atom stereocenters. The minimum atomic E-state index is -0.0244. The first kappa shape index (κ1) is 18.1. The summed E-state index contributed by atoms with van der Waals surface area (Å²) in [5, 5.41) is 2.99. The Bertz CT molecular complexity index is 689. The van der Waals surface area contributed by atoms with Crippen molar-refractivity contribution in [2.45, 2.75) is 51.4 Å². The summed E-state index contributed by atoms with van der Waals surface area (Å²) in [4.78, 5) is 27.5. The number of anilines is 1. The first-order chi connectivity index (χ1) is 13.2. The van der Waals surface area contributed by atoms with Crippen molar-refractivity contribution < 1.29 is 19.1 Å². The van der Waals surface area contributed by atoms with E-state index in [9.17, 15) is 9.59 Å². The van der Waals surface area contributed by atoms with Crippen molar-refractivity contribution in [3.8, 4) is 11.5 Å². The zero-order chi connectivity index (χ0) is 18.6. The summed E-state index contributed by atoms with van der Waals surface area (Å²) in [6, 6.07) is 5.45. The standard InChI is InChI=1S/C21H28N2O4/c24-20(22-17-9-10-18-19(13-17)27-14-26-18)15-5-7-16(8-6-15)21(25)23-11-3-1-2-4-12-23/h9-10,13,15-16H,1-8,11-12,14H2,(H,22,24). The summed E-state index contributed by atoms with van der Waals surface area (Å²) in [7, 11) is 0. The van der Waals surface area contributed by atoms with Gasteiger partial charge in [0, 0.05) is 36.7 Å². The molecule has 1 N–H and O–H groups in total. The first-order valence-corrected chi connectivity index (χ1v) is 10.2. The summed E-state index contributed by atoms with van der Waals surface area (Å²) in [5.41, 5.74) is 0.729. The second-order valence-corrected chi connectivity index (χ2v) is 7.85. The third-order valence-electron chi connectivity index (χ3n) is 6.01. The molecular formula is C21H28N2O4. The summed E-state index contributed by atoms with van der Waals surface area (Å²) >= 11 is 0. The summed E-state index contributed by atoms with van der Waals surface area (Å²) < 4.78 is 10.7. The summed E-state index contributed by atoms with van der Waals surface area (Å²) in [6.45, 7) is 2.04. The van der Waals surface area contributed by atoms with Crippen LogP contribution >= 0.6 is 0 Å². The minimum Gasteiger partial charge on any atom is -0.454 e. The van der Waals surface area contributed by atoms with Gasteiger partial charge in [-0.15, -0.1) is 0 Å². The molecule has 0 aromatic heterocycles. The van der Waals surface area contributed by atoms with Crippen molar-refractivity contribution >= 4 is 17.5 Å². The lowest BCUT2D eigenvalue weighted by molar-refractivity contribution is -0.137. The predicted octanol–water partition coefficient (Wildman–Crippen LogP) is 3.56. The molecule has 6 nitrogen and oxygen atoms in total. The molecule has 1 saturated carbocycles. The van der Waals surface area contributed by atoms with Gasteiger partial charge in [-0.3, -0.25) is 9.59 Å². The van der Waals surface area contributed by atoms with Crippen LogP contribution in [0.1, 0.15) is 51.4 Å². The van der Waals surface area contributed by atoms with Crippen LogP contribution in [0.4, 0.5) is 5.69 Å². The molecule has 2 aliphatic heterocycles. The van der Waals surface area contributed by atoms with E-state index < -0.39 is 0 Å². The molecule has 1 aromatic carbocycles. The van der Waals surface area contributed by atoms with Gasteiger partial charge in [-0.25, -0.2) is 0 Å². The number of ether oxygens (including phenoxy) is 2. The van der Waals surface area contributed by atoms with E-state index in [-0.39, 0.29) is 24.5 Å². The molecule has 1 saturated heterocycles. The molecule has 1 aliphatic carbocycles. The van der Waals surface area contributed by atoms with Gasteiger partial charge >= 0.3 is 0 Å². The highest BCUT2D eigenvalue weighted by molar-refractivity contribution is 5.93. The number of benzene rings is 1. The second kappa shape index (κ2) is 8.19.